The molecule has 1 aliphatic heterocycles. The molecule has 0 bridgehead atoms. The summed E-state index contributed by atoms with van der Waals surface area (Å²) in [7, 11) is 3.12. The average molecular weight is 367 g/mol. The lowest BCUT2D eigenvalue weighted by Gasteiger charge is -2.21. The van der Waals surface area contributed by atoms with Crippen LogP contribution in [0, 0.1) is 0 Å². The fourth-order valence-electron chi connectivity index (χ4n) is 2.54. The van der Waals surface area contributed by atoms with Crippen molar-refractivity contribution >= 4 is 11.8 Å². The molecule has 1 aliphatic rings. The van der Waals surface area contributed by atoms with Gasteiger partial charge in [0.05, 0.1) is 6.42 Å². The Bertz CT molecular complexity index is 853. The Kier molecular flexibility index (Phi) is 4.47. The van der Waals surface area contributed by atoms with Gasteiger partial charge in [-0.3, -0.25) is 4.79 Å². The first-order chi connectivity index (χ1) is 12.1. The zero-order chi connectivity index (χ0) is 19.1. The van der Waals surface area contributed by atoms with E-state index in [1.807, 2.05) is 6.92 Å². The molecule has 1 aromatic heterocycles. The van der Waals surface area contributed by atoms with Gasteiger partial charge in [0.25, 0.3) is 0 Å². The lowest BCUT2D eigenvalue weighted by Crippen LogP contribution is -2.18. The smallest absolute Gasteiger partial charge is 0.426 e. The number of ether oxygens (including phenoxy) is 2. The highest BCUT2D eigenvalue weighted by Crippen LogP contribution is 2.37. The molecule has 1 aromatic carbocycles. The van der Waals surface area contributed by atoms with Gasteiger partial charge in [0.1, 0.15) is 17.3 Å². The minimum absolute atomic E-state index is 0.00884. The van der Waals surface area contributed by atoms with Crippen molar-refractivity contribution in [2.75, 3.05) is 19.0 Å². The van der Waals surface area contributed by atoms with E-state index < -0.39 is 17.9 Å². The number of rotatable bonds is 3. The van der Waals surface area contributed by atoms with Gasteiger partial charge in [0.15, 0.2) is 5.69 Å². The van der Waals surface area contributed by atoms with Crippen LogP contribution in [0.2, 0.25) is 0 Å². The van der Waals surface area contributed by atoms with E-state index >= 15 is 0 Å². The summed E-state index contributed by atoms with van der Waals surface area (Å²) in [5.41, 5.74) is -0.278. The van der Waals surface area contributed by atoms with Crippen LogP contribution in [0.25, 0.3) is 0 Å². The standard InChI is InChI=1S/C17H16F3N3O3/c1-9-6-15(24)26-12-7-10(4-5-11(9)12)25-16-21-13(17(18,19)20)8-14(22-16)23(2)3/h4-5,7-9H,6H2,1-3H3. The first kappa shape index (κ1) is 18.0. The van der Waals surface area contributed by atoms with Gasteiger partial charge >= 0.3 is 18.2 Å². The summed E-state index contributed by atoms with van der Waals surface area (Å²) in [5.74, 6) is 0.180. The third-order valence-electron chi connectivity index (χ3n) is 3.86. The summed E-state index contributed by atoms with van der Waals surface area (Å²) in [4.78, 5) is 20.4. The number of hydrogen-bond donors (Lipinski definition) is 0. The summed E-state index contributed by atoms with van der Waals surface area (Å²) in [6.07, 6.45) is -4.36. The van der Waals surface area contributed by atoms with Crippen molar-refractivity contribution in [3.63, 3.8) is 0 Å². The monoisotopic (exact) mass is 367 g/mol. The molecule has 0 radical (unpaired) electrons. The van der Waals surface area contributed by atoms with E-state index in [0.717, 1.165) is 11.6 Å². The number of esters is 1. The molecule has 0 spiro atoms. The third-order valence-corrected chi connectivity index (χ3v) is 3.86. The molecule has 0 aliphatic carbocycles. The van der Waals surface area contributed by atoms with Crippen LogP contribution in [0.5, 0.6) is 17.5 Å². The molecule has 6 nitrogen and oxygen atoms in total. The topological polar surface area (TPSA) is 64.6 Å². The number of nitrogens with zero attached hydrogens (tertiary/aromatic N) is 3. The summed E-state index contributed by atoms with van der Waals surface area (Å²) in [6.45, 7) is 1.89. The highest BCUT2D eigenvalue weighted by Gasteiger charge is 2.34. The van der Waals surface area contributed by atoms with Gasteiger partial charge in [-0.2, -0.15) is 23.1 Å². The molecule has 1 unspecified atom stereocenters. The van der Waals surface area contributed by atoms with Crippen LogP contribution in [0.3, 0.4) is 0 Å². The second-order valence-electron chi connectivity index (χ2n) is 6.17. The van der Waals surface area contributed by atoms with Gasteiger partial charge in [-0.1, -0.05) is 13.0 Å². The van der Waals surface area contributed by atoms with E-state index in [2.05, 4.69) is 9.97 Å². The van der Waals surface area contributed by atoms with E-state index in [1.165, 1.54) is 11.0 Å². The maximum absolute atomic E-state index is 13.0. The Balaban J connectivity index is 1.95. The maximum Gasteiger partial charge on any atom is 0.433 e. The van der Waals surface area contributed by atoms with E-state index in [9.17, 15) is 18.0 Å². The SMILES string of the molecule is CC1CC(=O)Oc2cc(Oc3nc(N(C)C)cc(C(F)(F)F)n3)ccc21. The molecule has 0 saturated carbocycles. The summed E-state index contributed by atoms with van der Waals surface area (Å²) >= 11 is 0. The van der Waals surface area contributed by atoms with Gasteiger partial charge in [-0.25, -0.2) is 0 Å². The molecule has 26 heavy (non-hydrogen) atoms. The van der Waals surface area contributed by atoms with Crippen LogP contribution in [-0.4, -0.2) is 30.0 Å². The first-order valence-corrected chi connectivity index (χ1v) is 7.79. The van der Waals surface area contributed by atoms with Crippen molar-refractivity contribution in [3.05, 3.63) is 35.5 Å². The molecule has 138 valence electrons. The second kappa shape index (κ2) is 6.47. The molecule has 2 heterocycles. The van der Waals surface area contributed by atoms with Crippen LogP contribution in [0.4, 0.5) is 19.0 Å². The van der Waals surface area contributed by atoms with E-state index in [-0.39, 0.29) is 29.9 Å². The molecule has 3 rings (SSSR count). The molecule has 0 amide bonds. The van der Waals surface area contributed by atoms with Crippen molar-refractivity contribution < 1.29 is 27.4 Å². The molecular formula is C17H16F3N3O3. The minimum atomic E-state index is -4.63. The third kappa shape index (κ3) is 3.71. The zero-order valence-corrected chi connectivity index (χ0v) is 14.3. The Morgan fingerprint density at radius 1 is 1.23 bits per heavy atom. The summed E-state index contributed by atoms with van der Waals surface area (Å²) < 4.78 is 49.7. The first-order valence-electron chi connectivity index (χ1n) is 7.79. The van der Waals surface area contributed by atoms with Gasteiger partial charge < -0.3 is 14.4 Å². The Morgan fingerprint density at radius 3 is 2.62 bits per heavy atom. The number of anilines is 1. The van der Waals surface area contributed by atoms with Crippen LogP contribution in [0.15, 0.2) is 24.3 Å². The predicted molar refractivity (Wildman–Crippen MR) is 86.5 cm³/mol. The zero-order valence-electron chi connectivity index (χ0n) is 14.3. The van der Waals surface area contributed by atoms with Gasteiger partial charge in [-0.15, -0.1) is 0 Å². The number of hydrogen-bond acceptors (Lipinski definition) is 6. The second-order valence-corrected chi connectivity index (χ2v) is 6.17. The molecule has 0 N–H and O–H groups in total. The predicted octanol–water partition coefficient (Wildman–Crippen LogP) is 3.77. The minimum Gasteiger partial charge on any atom is -0.426 e. The number of carbonyl (C=O) groups is 1. The van der Waals surface area contributed by atoms with Crippen molar-refractivity contribution in [2.45, 2.75) is 25.4 Å². The van der Waals surface area contributed by atoms with Crippen molar-refractivity contribution in [1.29, 1.82) is 0 Å². The quantitative estimate of drug-likeness (QED) is 0.608. The highest BCUT2D eigenvalue weighted by molar-refractivity contribution is 5.76. The largest absolute Gasteiger partial charge is 0.433 e. The lowest BCUT2D eigenvalue weighted by molar-refractivity contribution is -0.141. The number of benzene rings is 1. The van der Waals surface area contributed by atoms with Crippen molar-refractivity contribution in [2.24, 2.45) is 0 Å². The van der Waals surface area contributed by atoms with Crippen molar-refractivity contribution in [3.8, 4) is 17.5 Å². The van der Waals surface area contributed by atoms with Crippen LogP contribution < -0.4 is 14.4 Å². The molecular weight excluding hydrogens is 351 g/mol. The Labute approximate surface area is 147 Å². The maximum atomic E-state index is 13.0. The van der Waals surface area contributed by atoms with Gasteiger partial charge in [0.2, 0.25) is 0 Å². The van der Waals surface area contributed by atoms with E-state index in [4.69, 9.17) is 9.47 Å². The highest BCUT2D eigenvalue weighted by atomic mass is 19.4. The molecule has 2 aromatic rings. The van der Waals surface area contributed by atoms with Gasteiger partial charge in [0, 0.05) is 26.2 Å². The Hall–Kier alpha value is -2.84. The molecule has 1 atom stereocenters. The fourth-order valence-corrected chi connectivity index (χ4v) is 2.54. The number of fused-ring (bicyclic) bond motifs is 1. The number of halogens is 3. The van der Waals surface area contributed by atoms with E-state index in [0.29, 0.717) is 5.75 Å². The van der Waals surface area contributed by atoms with Crippen LogP contribution in [0.1, 0.15) is 30.5 Å². The van der Waals surface area contributed by atoms with E-state index in [1.54, 1.807) is 26.2 Å². The lowest BCUT2D eigenvalue weighted by atomic mass is 9.95. The fraction of sp³-hybridized carbons (Fsp3) is 0.353. The normalized spacial score (nSPS) is 16.7. The van der Waals surface area contributed by atoms with Crippen molar-refractivity contribution in [1.82, 2.24) is 9.97 Å². The number of aromatic nitrogens is 2. The number of alkyl halides is 3. The van der Waals surface area contributed by atoms with Crippen LogP contribution >= 0.6 is 0 Å². The molecule has 9 heteroatoms. The average Bonchev–Trinajstić information content (AvgIpc) is 2.53. The molecule has 0 saturated heterocycles. The summed E-state index contributed by atoms with van der Waals surface area (Å²) in [5, 5.41) is 0. The summed E-state index contributed by atoms with van der Waals surface area (Å²) in [6, 6.07) is 5.12. The van der Waals surface area contributed by atoms with Crippen LogP contribution in [-0.2, 0) is 11.0 Å². The number of carbonyl (C=O) groups excluding carboxylic acids is 1. The molecule has 0 fully saturated rings. The Morgan fingerprint density at radius 2 is 1.96 bits per heavy atom. The van der Waals surface area contributed by atoms with Gasteiger partial charge in [-0.05, 0) is 17.5 Å².